The van der Waals surface area contributed by atoms with E-state index in [2.05, 4.69) is 10.4 Å². The number of hydrogen-bond acceptors (Lipinski definition) is 3. The molecule has 1 amide bonds. The predicted octanol–water partition coefficient (Wildman–Crippen LogP) is 1.35. The minimum atomic E-state index is -1.19. The van der Waals surface area contributed by atoms with Crippen molar-refractivity contribution in [3.05, 3.63) is 48.3 Å². The summed E-state index contributed by atoms with van der Waals surface area (Å²) >= 11 is 0. The summed E-state index contributed by atoms with van der Waals surface area (Å²) in [7, 11) is 0. The molecule has 0 aliphatic heterocycles. The van der Waals surface area contributed by atoms with Crippen LogP contribution < -0.4 is 5.32 Å². The summed E-state index contributed by atoms with van der Waals surface area (Å²) in [6.07, 6.45) is 4.40. The zero-order valence-electron chi connectivity index (χ0n) is 11.3. The van der Waals surface area contributed by atoms with Crippen molar-refractivity contribution in [1.29, 1.82) is 0 Å². The van der Waals surface area contributed by atoms with Gasteiger partial charge in [-0.25, -0.2) is 4.68 Å². The van der Waals surface area contributed by atoms with Crippen molar-refractivity contribution in [3.63, 3.8) is 0 Å². The van der Waals surface area contributed by atoms with Gasteiger partial charge in [0.05, 0.1) is 5.69 Å². The Kier molecular flexibility index (Phi) is 3.21. The molecule has 1 aromatic heterocycles. The van der Waals surface area contributed by atoms with Crippen LogP contribution in [0, 0.1) is 5.41 Å². The maximum absolute atomic E-state index is 11.9. The maximum Gasteiger partial charge on any atom is 0.319 e. The average molecular weight is 285 g/mol. The van der Waals surface area contributed by atoms with Crippen molar-refractivity contribution < 1.29 is 14.7 Å². The number of aliphatic carboxylic acids is 1. The smallest absolute Gasteiger partial charge is 0.319 e. The van der Waals surface area contributed by atoms with Crippen molar-refractivity contribution in [1.82, 2.24) is 15.1 Å². The Morgan fingerprint density at radius 2 is 2.00 bits per heavy atom. The lowest BCUT2D eigenvalue weighted by Crippen LogP contribution is -2.36. The highest BCUT2D eigenvalue weighted by molar-refractivity contribution is 6.04. The summed E-state index contributed by atoms with van der Waals surface area (Å²) in [4.78, 5) is 22.9. The number of carboxylic acid groups (broad SMARTS) is 1. The van der Waals surface area contributed by atoms with E-state index in [1.54, 1.807) is 10.9 Å². The van der Waals surface area contributed by atoms with Crippen molar-refractivity contribution in [3.8, 4) is 5.69 Å². The molecule has 1 heterocycles. The van der Waals surface area contributed by atoms with Gasteiger partial charge in [0.25, 0.3) is 0 Å². The summed E-state index contributed by atoms with van der Waals surface area (Å²) in [6, 6.07) is 9.42. The lowest BCUT2D eigenvalue weighted by atomic mass is 10.1. The normalized spacial score (nSPS) is 15.4. The van der Waals surface area contributed by atoms with Crippen molar-refractivity contribution >= 4 is 11.9 Å². The zero-order chi connectivity index (χ0) is 14.9. The molecular formula is C15H15N3O3. The molecule has 2 aromatic rings. The Bertz CT molecular complexity index is 658. The minimum Gasteiger partial charge on any atom is -0.480 e. The minimum absolute atomic E-state index is 0.327. The van der Waals surface area contributed by atoms with Crippen LogP contribution in [0.15, 0.2) is 42.7 Å². The van der Waals surface area contributed by atoms with E-state index >= 15 is 0 Å². The van der Waals surface area contributed by atoms with E-state index in [0.29, 0.717) is 19.4 Å². The quantitative estimate of drug-likeness (QED) is 0.812. The first-order chi connectivity index (χ1) is 10.1. The van der Waals surface area contributed by atoms with Crippen LogP contribution in [0.2, 0.25) is 0 Å². The third kappa shape index (κ3) is 2.52. The number of rotatable bonds is 5. The second-order valence-corrected chi connectivity index (χ2v) is 5.19. The molecule has 1 aromatic carbocycles. The molecule has 3 rings (SSSR count). The van der Waals surface area contributed by atoms with Crippen LogP contribution in [0.5, 0.6) is 0 Å². The van der Waals surface area contributed by atoms with Crippen LogP contribution in [-0.4, -0.2) is 26.8 Å². The number of nitrogens with zero attached hydrogens (tertiary/aromatic N) is 2. The standard InChI is InChI=1S/C15H15N3O3/c19-13(15(6-7-15)14(20)21)16-10-11-2-4-12(5-3-11)18-9-1-8-17-18/h1-5,8-9H,6-7,10H2,(H,16,19)(H,20,21). The predicted molar refractivity (Wildman–Crippen MR) is 74.7 cm³/mol. The van der Waals surface area contributed by atoms with E-state index < -0.39 is 17.3 Å². The Morgan fingerprint density at radius 1 is 1.29 bits per heavy atom. The molecule has 1 aliphatic rings. The third-order valence-electron chi connectivity index (χ3n) is 3.75. The number of amides is 1. The molecule has 0 radical (unpaired) electrons. The molecular weight excluding hydrogens is 270 g/mol. The molecule has 0 bridgehead atoms. The highest BCUT2D eigenvalue weighted by Crippen LogP contribution is 2.46. The fourth-order valence-corrected chi connectivity index (χ4v) is 2.20. The molecule has 1 saturated carbocycles. The number of aromatic nitrogens is 2. The molecule has 6 nitrogen and oxygen atoms in total. The fraction of sp³-hybridized carbons (Fsp3) is 0.267. The van der Waals surface area contributed by atoms with Gasteiger partial charge in [-0.15, -0.1) is 0 Å². The molecule has 0 spiro atoms. The number of carbonyl (C=O) groups is 2. The second kappa shape index (κ2) is 5.05. The van der Waals surface area contributed by atoms with Gasteiger partial charge in [0, 0.05) is 18.9 Å². The Hall–Kier alpha value is -2.63. The first-order valence-electron chi connectivity index (χ1n) is 6.72. The van der Waals surface area contributed by atoms with Gasteiger partial charge in [0.2, 0.25) is 5.91 Å². The van der Waals surface area contributed by atoms with Crippen molar-refractivity contribution in [2.75, 3.05) is 0 Å². The number of carboxylic acids is 1. The van der Waals surface area contributed by atoms with E-state index in [-0.39, 0.29) is 0 Å². The lowest BCUT2D eigenvalue weighted by molar-refractivity contribution is -0.149. The van der Waals surface area contributed by atoms with Crippen LogP contribution in [0.3, 0.4) is 0 Å². The SMILES string of the molecule is O=C(O)C1(C(=O)NCc2ccc(-n3cccn3)cc2)CC1. The summed E-state index contributed by atoms with van der Waals surface area (Å²) in [5.74, 6) is -1.43. The summed E-state index contributed by atoms with van der Waals surface area (Å²) in [6.45, 7) is 0.327. The molecule has 0 atom stereocenters. The first-order valence-corrected chi connectivity index (χ1v) is 6.72. The second-order valence-electron chi connectivity index (χ2n) is 5.19. The fourth-order valence-electron chi connectivity index (χ4n) is 2.20. The van der Waals surface area contributed by atoms with Gasteiger partial charge in [-0.1, -0.05) is 12.1 Å². The Morgan fingerprint density at radius 3 is 2.52 bits per heavy atom. The number of benzene rings is 1. The van der Waals surface area contributed by atoms with Gasteiger partial charge < -0.3 is 10.4 Å². The number of hydrogen-bond donors (Lipinski definition) is 2. The molecule has 1 aliphatic carbocycles. The summed E-state index contributed by atoms with van der Waals surface area (Å²) in [5.41, 5.74) is 0.661. The Balaban J connectivity index is 1.61. The van der Waals surface area contributed by atoms with E-state index in [0.717, 1.165) is 11.3 Å². The topological polar surface area (TPSA) is 84.2 Å². The number of carbonyl (C=O) groups excluding carboxylic acids is 1. The van der Waals surface area contributed by atoms with Crippen LogP contribution >= 0.6 is 0 Å². The molecule has 0 unspecified atom stereocenters. The van der Waals surface area contributed by atoms with Gasteiger partial charge in [-0.3, -0.25) is 9.59 Å². The molecule has 6 heteroatoms. The largest absolute Gasteiger partial charge is 0.480 e. The van der Waals surface area contributed by atoms with Gasteiger partial charge in [-0.05, 0) is 36.6 Å². The van der Waals surface area contributed by atoms with Crippen molar-refractivity contribution in [2.45, 2.75) is 19.4 Å². The lowest BCUT2D eigenvalue weighted by Gasteiger charge is -2.11. The molecule has 2 N–H and O–H groups in total. The maximum atomic E-state index is 11.9. The van der Waals surface area contributed by atoms with Crippen molar-refractivity contribution in [2.24, 2.45) is 5.41 Å². The molecule has 108 valence electrons. The summed E-state index contributed by atoms with van der Waals surface area (Å²) in [5, 5.41) is 15.9. The summed E-state index contributed by atoms with van der Waals surface area (Å²) < 4.78 is 1.74. The number of nitrogens with one attached hydrogen (secondary N) is 1. The monoisotopic (exact) mass is 285 g/mol. The molecule has 1 fully saturated rings. The van der Waals surface area contributed by atoms with Crippen LogP contribution in [0.4, 0.5) is 0 Å². The molecule has 0 saturated heterocycles. The Labute approximate surface area is 121 Å². The third-order valence-corrected chi connectivity index (χ3v) is 3.75. The first kappa shape index (κ1) is 13.4. The average Bonchev–Trinajstić information content (AvgIpc) is 3.14. The van der Waals surface area contributed by atoms with E-state index in [9.17, 15) is 9.59 Å². The molecule has 21 heavy (non-hydrogen) atoms. The van der Waals surface area contributed by atoms with Crippen LogP contribution in [0.1, 0.15) is 18.4 Å². The van der Waals surface area contributed by atoms with Gasteiger partial charge in [0.1, 0.15) is 5.41 Å². The van der Waals surface area contributed by atoms with E-state index in [1.165, 1.54) is 0 Å². The highest BCUT2D eigenvalue weighted by atomic mass is 16.4. The van der Waals surface area contributed by atoms with Gasteiger partial charge >= 0.3 is 5.97 Å². The van der Waals surface area contributed by atoms with Gasteiger partial charge in [0.15, 0.2) is 0 Å². The zero-order valence-corrected chi connectivity index (χ0v) is 11.3. The highest BCUT2D eigenvalue weighted by Gasteiger charge is 2.56. The van der Waals surface area contributed by atoms with E-state index in [4.69, 9.17) is 5.11 Å². The van der Waals surface area contributed by atoms with Crippen LogP contribution in [-0.2, 0) is 16.1 Å². The van der Waals surface area contributed by atoms with E-state index in [1.807, 2.05) is 36.5 Å². The van der Waals surface area contributed by atoms with Gasteiger partial charge in [-0.2, -0.15) is 5.10 Å². The van der Waals surface area contributed by atoms with Crippen LogP contribution in [0.25, 0.3) is 5.69 Å².